The number of nitrogens with zero attached hydrogens (tertiary/aromatic N) is 2. The van der Waals surface area contributed by atoms with Gasteiger partial charge in [-0.15, -0.1) is 0 Å². The molecule has 2 heterocycles. The summed E-state index contributed by atoms with van der Waals surface area (Å²) >= 11 is 9.95. The normalized spacial score (nSPS) is 16.3. The van der Waals surface area contributed by atoms with Gasteiger partial charge >= 0.3 is 29.6 Å². The van der Waals surface area contributed by atoms with E-state index in [1.807, 2.05) is 23.1 Å². The smallest absolute Gasteiger partial charge is 0.548 e. The Morgan fingerprint density at radius 1 is 1.37 bits per heavy atom. The van der Waals surface area contributed by atoms with Gasteiger partial charge in [-0.25, -0.2) is 0 Å². The van der Waals surface area contributed by atoms with Gasteiger partial charge in [-0.05, 0) is 55.8 Å². The van der Waals surface area contributed by atoms with Crippen LogP contribution < -0.4 is 49.6 Å². The van der Waals surface area contributed by atoms with Crippen molar-refractivity contribution >= 4 is 42.0 Å². The van der Waals surface area contributed by atoms with Crippen molar-refractivity contribution in [2.45, 2.75) is 25.3 Å². The van der Waals surface area contributed by atoms with E-state index in [1.54, 1.807) is 6.07 Å². The Morgan fingerprint density at radius 2 is 2.19 bits per heavy atom. The van der Waals surface area contributed by atoms with E-state index < -0.39 is 12.0 Å². The van der Waals surface area contributed by atoms with Crippen molar-refractivity contribution in [2.75, 3.05) is 23.5 Å². The molecule has 1 saturated heterocycles. The third-order valence-corrected chi connectivity index (χ3v) is 4.47. The van der Waals surface area contributed by atoms with Gasteiger partial charge in [0.25, 0.3) is 0 Å². The van der Waals surface area contributed by atoms with E-state index in [4.69, 9.17) is 29.2 Å². The number of hydrogen-bond acceptors (Lipinski definition) is 8. The topological polar surface area (TPSA) is 109 Å². The summed E-state index contributed by atoms with van der Waals surface area (Å²) in [5, 5.41) is 14.3. The van der Waals surface area contributed by atoms with Gasteiger partial charge < -0.3 is 34.8 Å². The number of carbonyl (C=O) groups excluding carboxylic acids is 1. The fourth-order valence-electron chi connectivity index (χ4n) is 2.90. The molecule has 27 heavy (non-hydrogen) atoms. The zero-order chi connectivity index (χ0) is 18.5. The van der Waals surface area contributed by atoms with Crippen LogP contribution >= 0.6 is 24.4 Å². The van der Waals surface area contributed by atoms with Crippen molar-refractivity contribution in [1.82, 2.24) is 15.0 Å². The number of rotatable bonds is 6. The molecular weight excluding hydrogens is 397 g/mol. The molecule has 0 bridgehead atoms. The largest absolute Gasteiger partial charge is 1.00 e. The van der Waals surface area contributed by atoms with Gasteiger partial charge in [0.1, 0.15) is 5.75 Å². The SMILES string of the molecule is O=C([O-])C1CCCCN1c1cccc(OCNc2nc(=S)[nH]c(=S)[nH]2)c1.[Na+]. The molecule has 0 radical (unpaired) electrons. The van der Waals surface area contributed by atoms with E-state index in [0.717, 1.165) is 18.5 Å². The molecule has 1 unspecified atom stereocenters. The van der Waals surface area contributed by atoms with Crippen LogP contribution in [0.5, 0.6) is 5.75 Å². The maximum atomic E-state index is 11.4. The number of piperidine rings is 1. The quantitative estimate of drug-likeness (QED) is 0.305. The van der Waals surface area contributed by atoms with Crippen molar-refractivity contribution in [1.29, 1.82) is 0 Å². The molecule has 2 aromatic rings. The van der Waals surface area contributed by atoms with Gasteiger partial charge in [0, 0.05) is 18.3 Å². The third-order valence-electron chi connectivity index (χ3n) is 4.07. The van der Waals surface area contributed by atoms with Crippen molar-refractivity contribution in [3.63, 3.8) is 0 Å². The number of H-pyrrole nitrogens is 2. The summed E-state index contributed by atoms with van der Waals surface area (Å²) in [7, 11) is 0. The maximum Gasteiger partial charge on any atom is 1.00 e. The Labute approximate surface area is 188 Å². The van der Waals surface area contributed by atoms with Crippen LogP contribution in [0.2, 0.25) is 0 Å². The van der Waals surface area contributed by atoms with Crippen molar-refractivity contribution < 1.29 is 44.2 Å². The summed E-state index contributed by atoms with van der Waals surface area (Å²) in [6.45, 7) is 0.827. The molecule has 1 aliphatic heterocycles. The molecule has 1 aromatic carbocycles. The average Bonchev–Trinajstić information content (AvgIpc) is 2.61. The number of aromatic nitrogens is 3. The fraction of sp³-hybridized carbons (Fsp3) is 0.375. The van der Waals surface area contributed by atoms with Crippen LogP contribution in [-0.4, -0.2) is 40.2 Å². The van der Waals surface area contributed by atoms with E-state index in [2.05, 4.69) is 20.3 Å². The Morgan fingerprint density at radius 3 is 2.93 bits per heavy atom. The second-order valence-corrected chi connectivity index (χ2v) is 6.63. The van der Waals surface area contributed by atoms with Crippen LogP contribution in [0.25, 0.3) is 0 Å². The van der Waals surface area contributed by atoms with Crippen LogP contribution in [0.4, 0.5) is 11.6 Å². The monoisotopic (exact) mass is 415 g/mol. The number of ether oxygens (including phenoxy) is 1. The number of carbonyl (C=O) groups is 1. The molecule has 11 heteroatoms. The standard InChI is InChI=1S/C16H19N5O3S2.Na/c22-13(23)12-6-1-2-7-21(12)10-4-3-5-11(8-10)24-9-17-14-18-15(25)20-16(26)19-14;/h3-5,8,12H,1-2,6-7,9H2,(H,22,23)(H3,17,18,19,20,25,26);/q;+1/p-1. The van der Waals surface area contributed by atoms with Crippen LogP contribution in [-0.2, 0) is 4.79 Å². The number of aliphatic carboxylic acids is 1. The van der Waals surface area contributed by atoms with Gasteiger partial charge in [-0.1, -0.05) is 6.07 Å². The first kappa shape index (κ1) is 21.8. The molecule has 1 fully saturated rings. The second-order valence-electron chi connectivity index (χ2n) is 5.83. The van der Waals surface area contributed by atoms with Gasteiger partial charge in [0.2, 0.25) is 10.7 Å². The van der Waals surface area contributed by atoms with Crippen molar-refractivity contribution in [3.8, 4) is 5.75 Å². The van der Waals surface area contributed by atoms with Crippen molar-refractivity contribution in [3.05, 3.63) is 33.8 Å². The summed E-state index contributed by atoms with van der Waals surface area (Å²) < 4.78 is 6.32. The molecule has 3 rings (SSSR count). The molecule has 0 aliphatic carbocycles. The molecule has 138 valence electrons. The number of nitrogens with one attached hydrogen (secondary N) is 3. The van der Waals surface area contributed by atoms with Gasteiger partial charge in [0.15, 0.2) is 11.5 Å². The first-order valence-electron chi connectivity index (χ1n) is 8.18. The number of aromatic amines is 2. The molecule has 0 amide bonds. The fourth-order valence-corrected chi connectivity index (χ4v) is 3.35. The van der Waals surface area contributed by atoms with Gasteiger partial charge in [-0.2, -0.15) is 4.98 Å². The zero-order valence-electron chi connectivity index (χ0n) is 14.9. The van der Waals surface area contributed by atoms with E-state index in [0.29, 0.717) is 29.4 Å². The van der Waals surface area contributed by atoms with Crippen LogP contribution in [0.15, 0.2) is 24.3 Å². The minimum Gasteiger partial charge on any atom is -0.548 e. The maximum absolute atomic E-state index is 11.4. The average molecular weight is 415 g/mol. The van der Waals surface area contributed by atoms with E-state index >= 15 is 0 Å². The first-order chi connectivity index (χ1) is 12.5. The molecule has 8 nitrogen and oxygen atoms in total. The molecule has 1 aliphatic rings. The molecule has 3 N–H and O–H groups in total. The van der Waals surface area contributed by atoms with E-state index in [-0.39, 0.29) is 41.1 Å². The number of anilines is 2. The number of carboxylic acids is 1. The van der Waals surface area contributed by atoms with Crippen molar-refractivity contribution in [2.24, 2.45) is 0 Å². The summed E-state index contributed by atoms with van der Waals surface area (Å²) in [6.07, 6.45) is 2.44. The second kappa shape index (κ2) is 10.2. The molecule has 0 spiro atoms. The van der Waals surface area contributed by atoms with Crippen LogP contribution in [0, 0.1) is 9.54 Å². The van der Waals surface area contributed by atoms with Crippen LogP contribution in [0.3, 0.4) is 0 Å². The van der Waals surface area contributed by atoms with Gasteiger partial charge in [0.05, 0.1) is 12.0 Å². The minimum atomic E-state index is -1.04. The predicted molar refractivity (Wildman–Crippen MR) is 100 cm³/mol. The molecule has 1 aromatic heterocycles. The molecule has 0 saturated carbocycles. The van der Waals surface area contributed by atoms with E-state index in [9.17, 15) is 9.90 Å². The summed E-state index contributed by atoms with van der Waals surface area (Å²) in [5.74, 6) is -0.0278. The summed E-state index contributed by atoms with van der Waals surface area (Å²) in [5.41, 5.74) is 0.802. The summed E-state index contributed by atoms with van der Waals surface area (Å²) in [6, 6.07) is 6.71. The third kappa shape index (κ3) is 6.01. The Kier molecular flexibility index (Phi) is 8.24. The number of benzene rings is 1. The van der Waals surface area contributed by atoms with E-state index in [1.165, 1.54) is 0 Å². The number of carboxylic acid groups (broad SMARTS) is 1. The van der Waals surface area contributed by atoms with Crippen LogP contribution in [0.1, 0.15) is 19.3 Å². The number of hydrogen-bond donors (Lipinski definition) is 3. The Hall–Kier alpha value is -1.46. The molecule has 1 atom stereocenters. The Balaban J connectivity index is 0.00000261. The predicted octanol–water partition coefficient (Wildman–Crippen LogP) is -1.24. The minimum absolute atomic E-state index is 0. The zero-order valence-corrected chi connectivity index (χ0v) is 18.5. The molecular formula is C16H18N5NaO3S2. The summed E-state index contributed by atoms with van der Waals surface area (Å²) in [4.78, 5) is 22.8. The Bertz CT molecular complexity index is 876. The van der Waals surface area contributed by atoms with Gasteiger partial charge in [-0.3, -0.25) is 0 Å². The first-order valence-corrected chi connectivity index (χ1v) is 8.99.